The molecule has 0 bridgehead atoms. The minimum Gasteiger partial charge on any atom is -0.487 e. The Morgan fingerprint density at radius 2 is 1.77 bits per heavy atom. The number of anilines is 1. The summed E-state index contributed by atoms with van der Waals surface area (Å²) >= 11 is 12.0. The zero-order chi connectivity index (χ0) is 25.0. The number of benzene rings is 3. The van der Waals surface area contributed by atoms with E-state index in [9.17, 15) is 18.0 Å². The summed E-state index contributed by atoms with van der Waals surface area (Å²) in [5, 5.41) is 7.74. The summed E-state index contributed by atoms with van der Waals surface area (Å²) in [4.78, 5) is 12.7. The van der Waals surface area contributed by atoms with Crippen LogP contribution in [-0.4, -0.2) is 15.7 Å². The number of carbonyl (C=O) groups is 1. The number of hydrogen-bond acceptors (Lipinski definition) is 3. The van der Waals surface area contributed by atoms with Gasteiger partial charge in [0.05, 0.1) is 29.0 Å². The van der Waals surface area contributed by atoms with Crippen molar-refractivity contribution in [1.29, 1.82) is 0 Å². The van der Waals surface area contributed by atoms with Crippen LogP contribution < -0.4 is 10.1 Å². The molecule has 0 saturated carbocycles. The molecule has 35 heavy (non-hydrogen) atoms. The SMILES string of the molecule is O=C(Nc1cnn(Cc2cccc(C(F)(F)F)c2)c1)c1cccc(COc2ccc(Cl)cc2Cl)c1. The van der Waals surface area contributed by atoms with E-state index >= 15 is 0 Å². The second-order valence-electron chi connectivity index (χ2n) is 7.64. The lowest BCUT2D eigenvalue weighted by Gasteiger charge is -2.10. The van der Waals surface area contributed by atoms with E-state index in [2.05, 4.69) is 10.4 Å². The Morgan fingerprint density at radius 1 is 1.00 bits per heavy atom. The summed E-state index contributed by atoms with van der Waals surface area (Å²) in [5.41, 5.74) is 1.28. The van der Waals surface area contributed by atoms with Gasteiger partial charge in [-0.15, -0.1) is 0 Å². The standard InChI is InChI=1S/C25H18Cl2F3N3O2/c26-20-7-8-23(22(27)11-20)35-15-17-4-1-5-18(9-17)24(34)32-21-12-31-33(14-21)13-16-3-2-6-19(10-16)25(28,29)30/h1-12,14H,13,15H2,(H,32,34). The quantitative estimate of drug-likeness (QED) is 0.283. The van der Waals surface area contributed by atoms with Gasteiger partial charge in [-0.2, -0.15) is 18.3 Å². The van der Waals surface area contributed by atoms with E-state index in [-0.39, 0.29) is 19.1 Å². The van der Waals surface area contributed by atoms with Gasteiger partial charge in [0, 0.05) is 16.8 Å². The van der Waals surface area contributed by atoms with Crippen molar-refractivity contribution in [2.45, 2.75) is 19.3 Å². The van der Waals surface area contributed by atoms with Crippen LogP contribution in [0.15, 0.2) is 79.1 Å². The van der Waals surface area contributed by atoms with Gasteiger partial charge < -0.3 is 10.1 Å². The average molecular weight is 520 g/mol. The molecule has 0 radical (unpaired) electrons. The van der Waals surface area contributed by atoms with Crippen molar-refractivity contribution in [3.05, 3.63) is 111 Å². The predicted molar refractivity (Wildman–Crippen MR) is 128 cm³/mol. The minimum atomic E-state index is -4.42. The molecule has 4 aromatic rings. The van der Waals surface area contributed by atoms with E-state index in [1.807, 2.05) is 6.07 Å². The van der Waals surface area contributed by atoms with Crippen molar-refractivity contribution in [3.63, 3.8) is 0 Å². The molecule has 4 rings (SSSR count). The third-order valence-corrected chi connectivity index (χ3v) is 5.50. The molecule has 0 unspecified atom stereocenters. The molecule has 0 saturated heterocycles. The first-order valence-corrected chi connectivity index (χ1v) is 11.1. The van der Waals surface area contributed by atoms with Crippen LogP contribution >= 0.6 is 23.2 Å². The van der Waals surface area contributed by atoms with Gasteiger partial charge >= 0.3 is 6.18 Å². The maximum absolute atomic E-state index is 12.9. The predicted octanol–water partition coefficient (Wildman–Crippen LogP) is 7.09. The number of rotatable bonds is 7. The highest BCUT2D eigenvalue weighted by atomic mass is 35.5. The van der Waals surface area contributed by atoms with Crippen LogP contribution in [0.1, 0.15) is 27.0 Å². The first kappa shape index (κ1) is 24.6. The number of ether oxygens (including phenoxy) is 1. The Bertz CT molecular complexity index is 1360. The number of halogens is 5. The van der Waals surface area contributed by atoms with E-state index in [0.29, 0.717) is 32.6 Å². The Labute approximate surface area is 209 Å². The number of carbonyl (C=O) groups excluding carboxylic acids is 1. The number of nitrogens with one attached hydrogen (secondary N) is 1. The molecule has 10 heteroatoms. The van der Waals surface area contributed by atoms with Gasteiger partial charge in [0.1, 0.15) is 12.4 Å². The summed E-state index contributed by atoms with van der Waals surface area (Å²) < 4.78 is 45.9. The van der Waals surface area contributed by atoms with Crippen LogP contribution in [0.5, 0.6) is 5.75 Å². The number of nitrogens with zero attached hydrogens (tertiary/aromatic N) is 2. The number of amides is 1. The largest absolute Gasteiger partial charge is 0.487 e. The minimum absolute atomic E-state index is 0.125. The lowest BCUT2D eigenvalue weighted by molar-refractivity contribution is -0.137. The van der Waals surface area contributed by atoms with Crippen molar-refractivity contribution in [2.24, 2.45) is 0 Å². The Hall–Kier alpha value is -3.49. The first-order valence-electron chi connectivity index (χ1n) is 10.3. The van der Waals surface area contributed by atoms with E-state index in [1.54, 1.807) is 48.7 Å². The van der Waals surface area contributed by atoms with Gasteiger partial charge in [-0.1, -0.05) is 47.5 Å². The molecule has 3 aromatic carbocycles. The Balaban J connectivity index is 1.38. The second-order valence-corrected chi connectivity index (χ2v) is 8.49. The van der Waals surface area contributed by atoms with Crippen molar-refractivity contribution < 1.29 is 22.7 Å². The molecule has 0 aliphatic heterocycles. The topological polar surface area (TPSA) is 56.2 Å². The molecule has 1 amide bonds. The maximum atomic E-state index is 12.9. The van der Waals surface area contributed by atoms with Crippen LogP contribution in [0.4, 0.5) is 18.9 Å². The summed E-state index contributed by atoms with van der Waals surface area (Å²) in [6, 6.07) is 16.8. The van der Waals surface area contributed by atoms with Crippen LogP contribution in [0.2, 0.25) is 10.0 Å². The Kier molecular flexibility index (Phi) is 7.33. The molecule has 1 heterocycles. The molecule has 0 fully saturated rings. The molecule has 0 aliphatic rings. The monoisotopic (exact) mass is 519 g/mol. The molecule has 1 aromatic heterocycles. The molecule has 0 atom stereocenters. The van der Waals surface area contributed by atoms with Crippen LogP contribution in [0.25, 0.3) is 0 Å². The smallest absolute Gasteiger partial charge is 0.416 e. The van der Waals surface area contributed by atoms with Crippen LogP contribution in [-0.2, 0) is 19.3 Å². The van der Waals surface area contributed by atoms with E-state index in [0.717, 1.165) is 17.7 Å². The average Bonchev–Trinajstić information content (AvgIpc) is 3.25. The van der Waals surface area contributed by atoms with Gasteiger partial charge in [0.2, 0.25) is 0 Å². The van der Waals surface area contributed by atoms with Gasteiger partial charge in [0.15, 0.2) is 0 Å². The lowest BCUT2D eigenvalue weighted by Crippen LogP contribution is -2.12. The third kappa shape index (κ3) is 6.55. The summed E-state index contributed by atoms with van der Waals surface area (Å²) in [6.07, 6.45) is -1.44. The van der Waals surface area contributed by atoms with Gasteiger partial charge in [-0.25, -0.2) is 0 Å². The lowest BCUT2D eigenvalue weighted by atomic mass is 10.1. The summed E-state index contributed by atoms with van der Waals surface area (Å²) in [7, 11) is 0. The molecular formula is C25H18Cl2F3N3O2. The van der Waals surface area contributed by atoms with Crippen LogP contribution in [0.3, 0.4) is 0 Å². The van der Waals surface area contributed by atoms with Crippen molar-refractivity contribution in [2.75, 3.05) is 5.32 Å². The van der Waals surface area contributed by atoms with Gasteiger partial charge in [-0.05, 0) is 53.6 Å². The third-order valence-electron chi connectivity index (χ3n) is 4.97. The molecular weight excluding hydrogens is 502 g/mol. The van der Waals surface area contributed by atoms with Crippen molar-refractivity contribution >= 4 is 34.8 Å². The van der Waals surface area contributed by atoms with Crippen molar-refractivity contribution in [3.8, 4) is 5.75 Å². The van der Waals surface area contributed by atoms with Gasteiger partial charge in [-0.3, -0.25) is 9.48 Å². The first-order chi connectivity index (χ1) is 16.7. The molecule has 180 valence electrons. The van der Waals surface area contributed by atoms with Crippen molar-refractivity contribution in [1.82, 2.24) is 9.78 Å². The second kappa shape index (κ2) is 10.4. The molecule has 5 nitrogen and oxygen atoms in total. The Morgan fingerprint density at radius 3 is 2.54 bits per heavy atom. The highest BCUT2D eigenvalue weighted by Gasteiger charge is 2.30. The fourth-order valence-electron chi connectivity index (χ4n) is 3.31. The van der Waals surface area contributed by atoms with Gasteiger partial charge in [0.25, 0.3) is 5.91 Å². The maximum Gasteiger partial charge on any atom is 0.416 e. The highest BCUT2D eigenvalue weighted by molar-refractivity contribution is 6.35. The zero-order valence-corrected chi connectivity index (χ0v) is 19.5. The summed E-state index contributed by atoms with van der Waals surface area (Å²) in [6.45, 7) is 0.317. The fourth-order valence-corrected chi connectivity index (χ4v) is 3.77. The zero-order valence-electron chi connectivity index (χ0n) is 18.0. The van der Waals surface area contributed by atoms with E-state index in [4.69, 9.17) is 27.9 Å². The fraction of sp³-hybridized carbons (Fsp3) is 0.120. The molecule has 0 spiro atoms. The normalized spacial score (nSPS) is 11.3. The molecule has 0 aliphatic carbocycles. The summed E-state index contributed by atoms with van der Waals surface area (Å²) in [5.74, 6) is 0.106. The van der Waals surface area contributed by atoms with Crippen LogP contribution in [0, 0.1) is 0 Å². The number of hydrogen-bond donors (Lipinski definition) is 1. The highest BCUT2D eigenvalue weighted by Crippen LogP contribution is 2.30. The molecule has 1 N–H and O–H groups in total. The van der Waals surface area contributed by atoms with E-state index < -0.39 is 11.7 Å². The van der Waals surface area contributed by atoms with E-state index in [1.165, 1.54) is 16.9 Å². The number of aromatic nitrogens is 2. The number of alkyl halides is 3.